The Labute approximate surface area is 148 Å². The van der Waals surface area contributed by atoms with E-state index < -0.39 is 0 Å². The van der Waals surface area contributed by atoms with E-state index in [4.69, 9.17) is 4.74 Å². The summed E-state index contributed by atoms with van der Waals surface area (Å²) in [6.07, 6.45) is -0.0116. The molecule has 6 heteroatoms. The van der Waals surface area contributed by atoms with Gasteiger partial charge >= 0.3 is 0 Å². The number of aromatic nitrogens is 1. The summed E-state index contributed by atoms with van der Waals surface area (Å²) >= 11 is 1.70. The molecule has 0 saturated heterocycles. The number of ether oxygens (including phenoxy) is 1. The molecule has 1 atom stereocenters. The van der Waals surface area contributed by atoms with E-state index in [1.807, 2.05) is 32.0 Å². The highest BCUT2D eigenvalue weighted by molar-refractivity contribution is 7.11. The summed E-state index contributed by atoms with van der Waals surface area (Å²) in [7, 11) is 1.73. The number of hydrogen-bond acceptors (Lipinski definition) is 4. The molecule has 1 unspecified atom stereocenters. The number of benzene rings is 1. The molecule has 1 heterocycles. The lowest BCUT2D eigenvalue weighted by Crippen LogP contribution is -2.39. The van der Waals surface area contributed by atoms with Gasteiger partial charge in [-0.25, -0.2) is 9.98 Å². The molecule has 24 heavy (non-hydrogen) atoms. The fourth-order valence-electron chi connectivity index (χ4n) is 2.41. The van der Waals surface area contributed by atoms with Crippen LogP contribution in [0.2, 0.25) is 0 Å². The number of hydrogen-bond donors (Lipinski definition) is 2. The summed E-state index contributed by atoms with van der Waals surface area (Å²) in [6.45, 7) is 8.23. The van der Waals surface area contributed by atoms with Crippen molar-refractivity contribution in [3.8, 4) is 0 Å². The van der Waals surface area contributed by atoms with Crippen molar-refractivity contribution >= 4 is 17.3 Å². The van der Waals surface area contributed by atoms with Gasteiger partial charge in [-0.15, -0.1) is 11.3 Å². The van der Waals surface area contributed by atoms with Crippen molar-refractivity contribution in [2.24, 2.45) is 4.99 Å². The lowest BCUT2D eigenvalue weighted by molar-refractivity contribution is 0.106. The molecule has 0 fully saturated rings. The zero-order valence-electron chi connectivity index (χ0n) is 14.8. The maximum atomic E-state index is 5.60. The number of aryl methyl sites for hydroxylation is 2. The zero-order valence-corrected chi connectivity index (χ0v) is 15.6. The highest BCUT2D eigenvalue weighted by atomic mass is 32.1. The minimum absolute atomic E-state index is 0.0116. The van der Waals surface area contributed by atoms with Gasteiger partial charge in [0.15, 0.2) is 5.96 Å². The first-order chi connectivity index (χ1) is 11.6. The smallest absolute Gasteiger partial charge is 0.191 e. The minimum atomic E-state index is -0.0116. The van der Waals surface area contributed by atoms with Gasteiger partial charge in [-0.3, -0.25) is 0 Å². The second-order valence-electron chi connectivity index (χ2n) is 5.45. The molecule has 0 amide bonds. The number of guanidine groups is 1. The van der Waals surface area contributed by atoms with Gasteiger partial charge in [0.2, 0.25) is 0 Å². The molecule has 0 aliphatic carbocycles. The molecule has 1 aromatic carbocycles. The molecule has 130 valence electrons. The van der Waals surface area contributed by atoms with E-state index in [2.05, 4.69) is 39.7 Å². The zero-order chi connectivity index (χ0) is 17.4. The summed E-state index contributed by atoms with van der Waals surface area (Å²) in [5, 5.41) is 7.72. The summed E-state index contributed by atoms with van der Waals surface area (Å²) in [5.74, 6) is 0.793. The van der Waals surface area contributed by atoms with Crippen molar-refractivity contribution in [1.82, 2.24) is 15.6 Å². The number of nitrogens with zero attached hydrogens (tertiary/aromatic N) is 2. The molecule has 5 nitrogen and oxygen atoms in total. The number of thiazole rings is 1. The molecule has 2 aromatic rings. The van der Waals surface area contributed by atoms with Crippen molar-refractivity contribution in [3.05, 3.63) is 51.5 Å². The van der Waals surface area contributed by atoms with Gasteiger partial charge in [0.1, 0.15) is 0 Å². The second kappa shape index (κ2) is 9.39. The molecule has 0 aliphatic rings. The van der Waals surface area contributed by atoms with Crippen LogP contribution in [0.5, 0.6) is 0 Å². The van der Waals surface area contributed by atoms with Crippen LogP contribution in [-0.4, -0.2) is 31.1 Å². The molecule has 0 aliphatic heterocycles. The van der Waals surface area contributed by atoms with E-state index in [1.165, 1.54) is 4.88 Å². The Balaban J connectivity index is 1.99. The lowest BCUT2D eigenvalue weighted by Gasteiger charge is -2.18. The Hall–Kier alpha value is -1.92. The number of methoxy groups -OCH3 is 1. The van der Waals surface area contributed by atoms with Gasteiger partial charge in [0.25, 0.3) is 0 Å². The third kappa shape index (κ3) is 5.32. The van der Waals surface area contributed by atoms with Crippen molar-refractivity contribution < 1.29 is 4.74 Å². The van der Waals surface area contributed by atoms with Crippen LogP contribution in [0, 0.1) is 13.8 Å². The van der Waals surface area contributed by atoms with Gasteiger partial charge in [-0.05, 0) is 26.3 Å². The fraction of sp³-hybridized carbons (Fsp3) is 0.444. The van der Waals surface area contributed by atoms with Crippen LogP contribution in [-0.2, 0) is 11.3 Å². The number of aliphatic imine (C=N–C) groups is 1. The third-order valence-corrected chi connectivity index (χ3v) is 4.69. The Morgan fingerprint density at radius 3 is 2.58 bits per heavy atom. The number of nitrogens with one attached hydrogen (secondary N) is 2. The van der Waals surface area contributed by atoms with Gasteiger partial charge in [-0.1, -0.05) is 30.3 Å². The van der Waals surface area contributed by atoms with Crippen LogP contribution in [0.15, 0.2) is 35.3 Å². The normalized spacial score (nSPS) is 12.9. The Morgan fingerprint density at radius 2 is 2.00 bits per heavy atom. The van der Waals surface area contributed by atoms with Crippen molar-refractivity contribution in [1.29, 1.82) is 0 Å². The SMILES string of the molecule is CCNC(=NCc1sc(C)nc1C)NCC(OC)c1ccccc1. The van der Waals surface area contributed by atoms with Crippen molar-refractivity contribution in [3.63, 3.8) is 0 Å². The first kappa shape index (κ1) is 18.4. The monoisotopic (exact) mass is 346 g/mol. The van der Waals surface area contributed by atoms with Crippen LogP contribution >= 0.6 is 11.3 Å². The van der Waals surface area contributed by atoms with E-state index in [0.717, 1.165) is 28.8 Å². The maximum absolute atomic E-state index is 5.60. The van der Waals surface area contributed by atoms with E-state index in [0.29, 0.717) is 13.1 Å². The fourth-order valence-corrected chi connectivity index (χ4v) is 3.27. The molecule has 0 spiro atoms. The third-order valence-electron chi connectivity index (χ3n) is 3.64. The standard InChI is InChI=1S/C18H26N4OS/c1-5-19-18(21-12-17-13(2)22-14(3)24-17)20-11-16(23-4)15-9-7-6-8-10-15/h6-10,16H,5,11-12H2,1-4H3,(H2,19,20,21). The van der Waals surface area contributed by atoms with E-state index >= 15 is 0 Å². The van der Waals surface area contributed by atoms with Gasteiger partial charge in [0.05, 0.1) is 23.4 Å². The van der Waals surface area contributed by atoms with Crippen LogP contribution in [0.25, 0.3) is 0 Å². The van der Waals surface area contributed by atoms with Crippen molar-refractivity contribution in [2.45, 2.75) is 33.4 Å². The minimum Gasteiger partial charge on any atom is -0.375 e. The predicted molar refractivity (Wildman–Crippen MR) is 101 cm³/mol. The Kier molecular flexibility index (Phi) is 7.21. The first-order valence-electron chi connectivity index (χ1n) is 8.16. The molecule has 2 N–H and O–H groups in total. The highest BCUT2D eigenvalue weighted by Gasteiger charge is 2.11. The lowest BCUT2D eigenvalue weighted by atomic mass is 10.1. The van der Waals surface area contributed by atoms with Crippen LogP contribution < -0.4 is 10.6 Å². The number of rotatable bonds is 7. The molecule has 0 radical (unpaired) electrons. The van der Waals surface area contributed by atoms with E-state index in [1.54, 1.807) is 18.4 Å². The molecule has 0 bridgehead atoms. The molecule has 1 aromatic heterocycles. The second-order valence-corrected chi connectivity index (χ2v) is 6.74. The van der Waals surface area contributed by atoms with E-state index in [-0.39, 0.29) is 6.10 Å². The first-order valence-corrected chi connectivity index (χ1v) is 8.98. The average molecular weight is 347 g/mol. The summed E-state index contributed by atoms with van der Waals surface area (Å²) in [4.78, 5) is 10.3. The molecular weight excluding hydrogens is 320 g/mol. The quantitative estimate of drug-likeness (QED) is 0.597. The highest BCUT2D eigenvalue weighted by Crippen LogP contribution is 2.18. The Bertz CT molecular complexity index is 654. The molecular formula is C18H26N4OS. The topological polar surface area (TPSA) is 58.5 Å². The summed E-state index contributed by atoms with van der Waals surface area (Å²) in [6, 6.07) is 10.2. The van der Waals surface area contributed by atoms with Gasteiger partial charge in [-0.2, -0.15) is 0 Å². The van der Waals surface area contributed by atoms with Crippen molar-refractivity contribution in [2.75, 3.05) is 20.2 Å². The van der Waals surface area contributed by atoms with Crippen LogP contribution in [0.3, 0.4) is 0 Å². The molecule has 2 rings (SSSR count). The van der Waals surface area contributed by atoms with Gasteiger partial charge < -0.3 is 15.4 Å². The van der Waals surface area contributed by atoms with Crippen LogP contribution in [0.4, 0.5) is 0 Å². The maximum Gasteiger partial charge on any atom is 0.191 e. The average Bonchev–Trinajstić information content (AvgIpc) is 2.91. The largest absolute Gasteiger partial charge is 0.375 e. The summed E-state index contributed by atoms with van der Waals surface area (Å²) in [5.41, 5.74) is 2.22. The summed E-state index contributed by atoms with van der Waals surface area (Å²) < 4.78 is 5.60. The Morgan fingerprint density at radius 1 is 1.25 bits per heavy atom. The predicted octanol–water partition coefficient (Wildman–Crippen LogP) is 3.20. The van der Waals surface area contributed by atoms with Gasteiger partial charge in [0, 0.05) is 25.1 Å². The molecule has 0 saturated carbocycles. The van der Waals surface area contributed by atoms with Crippen LogP contribution in [0.1, 0.15) is 34.2 Å². The van der Waals surface area contributed by atoms with E-state index in [9.17, 15) is 0 Å².